The number of pyridine rings is 1. The highest BCUT2D eigenvalue weighted by Gasteiger charge is 2.42. The van der Waals surface area contributed by atoms with Gasteiger partial charge in [-0.1, -0.05) is 29.3 Å². The first-order valence-corrected chi connectivity index (χ1v) is 17.8. The van der Waals surface area contributed by atoms with E-state index in [4.69, 9.17) is 42.1 Å². The molecule has 2 atom stereocenters. The van der Waals surface area contributed by atoms with E-state index >= 15 is 0 Å². The van der Waals surface area contributed by atoms with Crippen LogP contribution in [-0.2, 0) is 26.0 Å². The summed E-state index contributed by atoms with van der Waals surface area (Å²) in [6.45, 7) is -2.85. The van der Waals surface area contributed by atoms with Crippen molar-refractivity contribution in [1.82, 2.24) is 9.29 Å². The van der Waals surface area contributed by atoms with Gasteiger partial charge in [0.1, 0.15) is 0 Å². The Morgan fingerprint density at radius 2 is 1.72 bits per heavy atom. The van der Waals surface area contributed by atoms with Crippen molar-refractivity contribution in [1.29, 1.82) is 0 Å². The Morgan fingerprint density at radius 1 is 1.02 bits per heavy atom. The first kappa shape index (κ1) is 35.3. The van der Waals surface area contributed by atoms with E-state index in [1.807, 2.05) is 0 Å². The van der Waals surface area contributed by atoms with Crippen LogP contribution < -0.4 is 18.9 Å². The Bertz CT molecular complexity index is 1680. The number of esters is 1. The van der Waals surface area contributed by atoms with Crippen molar-refractivity contribution in [2.24, 2.45) is 5.92 Å². The summed E-state index contributed by atoms with van der Waals surface area (Å²) in [6, 6.07) is 8.70. The van der Waals surface area contributed by atoms with Gasteiger partial charge in [-0.2, -0.15) is 13.1 Å². The Morgan fingerprint density at radius 3 is 2.38 bits per heavy atom. The van der Waals surface area contributed by atoms with Crippen molar-refractivity contribution in [3.8, 4) is 23.0 Å². The van der Waals surface area contributed by atoms with Gasteiger partial charge in [-0.05, 0) is 60.6 Å². The SMILES string of the molecule is COc1ccc(S(=O)(=O)N2CCS[C@H]2C(=O)OC[C@@H](Cc2c(Cl)cncc2Cl)c2ccc(OC(F)F)c(OCC3CC3)c2)cc1OC. The summed E-state index contributed by atoms with van der Waals surface area (Å²) >= 11 is 14.0. The Kier molecular flexibility index (Phi) is 11.6. The third kappa shape index (κ3) is 8.52. The summed E-state index contributed by atoms with van der Waals surface area (Å²) in [5.41, 5.74) is 1.11. The van der Waals surface area contributed by atoms with Crippen molar-refractivity contribution in [2.75, 3.05) is 39.7 Å². The van der Waals surface area contributed by atoms with Crippen molar-refractivity contribution in [2.45, 2.75) is 42.1 Å². The van der Waals surface area contributed by atoms with Crippen LogP contribution in [0.15, 0.2) is 53.7 Å². The summed E-state index contributed by atoms with van der Waals surface area (Å²) in [5.74, 6) is -0.0827. The van der Waals surface area contributed by atoms with E-state index in [2.05, 4.69) is 9.72 Å². The van der Waals surface area contributed by atoms with Gasteiger partial charge in [0.25, 0.3) is 0 Å². The predicted octanol–water partition coefficient (Wildman–Crippen LogP) is 6.43. The number of carbonyl (C=O) groups excluding carboxylic acids is 1. The monoisotopic (exact) mass is 732 g/mol. The smallest absolute Gasteiger partial charge is 0.387 e. The maximum Gasteiger partial charge on any atom is 0.387 e. The molecule has 2 aliphatic rings. The number of carbonyl (C=O) groups is 1. The molecule has 2 fully saturated rings. The summed E-state index contributed by atoms with van der Waals surface area (Å²) in [7, 11) is -1.30. The van der Waals surface area contributed by atoms with Crippen LogP contribution in [0.4, 0.5) is 8.78 Å². The molecule has 1 saturated carbocycles. The molecule has 2 aromatic carbocycles. The summed E-state index contributed by atoms with van der Waals surface area (Å²) in [4.78, 5) is 17.4. The molecule has 1 aromatic heterocycles. The molecule has 10 nitrogen and oxygen atoms in total. The molecule has 0 bridgehead atoms. The van der Waals surface area contributed by atoms with Crippen molar-refractivity contribution in [3.63, 3.8) is 0 Å². The number of hydrogen-bond acceptors (Lipinski definition) is 10. The number of hydrogen-bond donors (Lipinski definition) is 0. The van der Waals surface area contributed by atoms with E-state index in [0.29, 0.717) is 35.2 Å². The lowest BCUT2D eigenvalue weighted by molar-refractivity contribution is -0.145. The highest BCUT2D eigenvalue weighted by molar-refractivity contribution is 8.02. The number of ether oxygens (including phenoxy) is 5. The number of nitrogens with zero attached hydrogens (tertiary/aromatic N) is 2. The lowest BCUT2D eigenvalue weighted by atomic mass is 9.92. The lowest BCUT2D eigenvalue weighted by Gasteiger charge is -2.24. The van der Waals surface area contributed by atoms with Gasteiger partial charge in [0.15, 0.2) is 28.4 Å². The van der Waals surface area contributed by atoms with Crippen molar-refractivity contribution >= 4 is 51.0 Å². The molecule has 254 valence electrons. The van der Waals surface area contributed by atoms with Crippen molar-refractivity contribution in [3.05, 3.63) is 70.0 Å². The zero-order valence-corrected chi connectivity index (χ0v) is 28.5. The van der Waals surface area contributed by atoms with E-state index in [0.717, 1.165) is 28.9 Å². The second-order valence-corrected chi connectivity index (χ2v) is 14.7. The molecule has 0 radical (unpaired) electrons. The molecule has 1 aliphatic carbocycles. The van der Waals surface area contributed by atoms with Crippen LogP contribution in [0.5, 0.6) is 23.0 Å². The minimum atomic E-state index is -4.13. The molecule has 1 aliphatic heterocycles. The fraction of sp³-hybridized carbons (Fsp3) is 0.419. The van der Waals surface area contributed by atoms with E-state index in [1.165, 1.54) is 50.9 Å². The zero-order valence-electron chi connectivity index (χ0n) is 25.4. The largest absolute Gasteiger partial charge is 0.493 e. The second-order valence-electron chi connectivity index (χ2n) is 10.8. The highest BCUT2D eigenvalue weighted by atomic mass is 35.5. The molecule has 1 saturated heterocycles. The number of aromatic nitrogens is 1. The summed E-state index contributed by atoms with van der Waals surface area (Å²) in [5, 5.41) is -0.577. The van der Waals surface area contributed by atoms with Gasteiger partial charge in [0.05, 0.1) is 42.4 Å². The fourth-order valence-electron chi connectivity index (χ4n) is 4.98. The van der Waals surface area contributed by atoms with E-state index in [-0.39, 0.29) is 51.8 Å². The Labute approximate surface area is 285 Å². The molecule has 47 heavy (non-hydrogen) atoms. The van der Waals surface area contributed by atoms with Gasteiger partial charge < -0.3 is 23.7 Å². The quantitative estimate of drug-likeness (QED) is 0.162. The average molecular weight is 734 g/mol. The molecule has 0 spiro atoms. The maximum atomic E-state index is 13.6. The topological polar surface area (TPSA) is 113 Å². The van der Waals surface area contributed by atoms with Gasteiger partial charge in [-0.25, -0.2) is 13.2 Å². The molecular weight excluding hydrogens is 701 g/mol. The molecule has 0 unspecified atom stereocenters. The van der Waals surface area contributed by atoms with Crippen LogP contribution in [0.3, 0.4) is 0 Å². The van der Waals surface area contributed by atoms with Crippen LogP contribution in [0.1, 0.15) is 29.9 Å². The predicted molar refractivity (Wildman–Crippen MR) is 173 cm³/mol. The average Bonchev–Trinajstić information content (AvgIpc) is 3.74. The Balaban J connectivity index is 1.39. The number of benzene rings is 2. The third-order valence-electron chi connectivity index (χ3n) is 7.67. The minimum Gasteiger partial charge on any atom is -0.493 e. The number of methoxy groups -OCH3 is 2. The van der Waals surface area contributed by atoms with Crippen LogP contribution in [0, 0.1) is 5.92 Å². The van der Waals surface area contributed by atoms with Gasteiger partial charge in [0.2, 0.25) is 10.0 Å². The lowest BCUT2D eigenvalue weighted by Crippen LogP contribution is -2.40. The Hall–Kier alpha value is -3.04. The van der Waals surface area contributed by atoms with Crippen LogP contribution in [0.25, 0.3) is 0 Å². The molecular formula is C31H32Cl2F2N2O8S2. The first-order valence-electron chi connectivity index (χ1n) is 14.5. The van der Waals surface area contributed by atoms with Gasteiger partial charge in [0, 0.05) is 36.7 Å². The van der Waals surface area contributed by atoms with Gasteiger partial charge in [-0.15, -0.1) is 11.8 Å². The van der Waals surface area contributed by atoms with Gasteiger partial charge in [-0.3, -0.25) is 4.98 Å². The molecule has 0 amide bonds. The third-order valence-corrected chi connectivity index (χ3v) is 11.5. The highest BCUT2D eigenvalue weighted by Crippen LogP contribution is 2.39. The molecule has 16 heteroatoms. The summed E-state index contributed by atoms with van der Waals surface area (Å²) in [6.07, 6.45) is 5.01. The van der Waals surface area contributed by atoms with Crippen LogP contribution in [0.2, 0.25) is 10.0 Å². The number of rotatable bonds is 15. The fourth-order valence-corrected chi connectivity index (χ4v) is 8.58. The van der Waals surface area contributed by atoms with E-state index in [9.17, 15) is 22.0 Å². The van der Waals surface area contributed by atoms with Crippen LogP contribution >= 0.6 is 35.0 Å². The number of thioether (sulfide) groups is 1. The maximum absolute atomic E-state index is 13.6. The number of sulfonamides is 1. The molecule has 2 heterocycles. The second kappa shape index (κ2) is 15.5. The number of alkyl halides is 2. The standard InChI is InChI=1S/C31H32Cl2F2N2O8S2/c1-41-25-8-6-21(13-27(25)42-2)47(39,40)37-9-10-46-29(37)30(38)44-17-20(11-22-23(32)14-36-15-24(22)33)19-5-7-26(45-31(34)35)28(12-19)43-16-18-3-4-18/h5-8,12-15,18,20,29,31H,3-4,9-11,16-17H2,1-2H3/t20-,29+/m1/s1. The first-order chi connectivity index (χ1) is 22.5. The van der Waals surface area contributed by atoms with E-state index in [1.54, 1.807) is 12.1 Å². The molecule has 0 N–H and O–H groups in total. The minimum absolute atomic E-state index is 0.0693. The van der Waals surface area contributed by atoms with E-state index < -0.39 is 33.9 Å². The summed E-state index contributed by atoms with van der Waals surface area (Å²) < 4.78 is 81.5. The van der Waals surface area contributed by atoms with Crippen molar-refractivity contribution < 1.29 is 45.7 Å². The number of halogens is 4. The normalized spacial score (nSPS) is 17.4. The zero-order chi connectivity index (χ0) is 33.7. The van der Waals surface area contributed by atoms with Crippen LogP contribution in [-0.4, -0.2) is 75.4 Å². The molecule has 5 rings (SSSR count). The molecule has 3 aromatic rings. The van der Waals surface area contributed by atoms with Gasteiger partial charge >= 0.3 is 12.6 Å².